The number of aromatic nitrogens is 3. The van der Waals surface area contributed by atoms with E-state index in [0.717, 1.165) is 11.3 Å². The van der Waals surface area contributed by atoms with Crippen LogP contribution in [0, 0.1) is 6.92 Å². The molecule has 0 aliphatic carbocycles. The Balaban J connectivity index is 1.59. The number of carbonyl (C=O) groups is 1. The number of H-pyrrole nitrogens is 1. The molecule has 0 aliphatic heterocycles. The van der Waals surface area contributed by atoms with E-state index in [0.29, 0.717) is 24.4 Å². The summed E-state index contributed by atoms with van der Waals surface area (Å²) in [5.74, 6) is 0.512. The molecular formula is C13H13N3O3. The Hall–Kier alpha value is -2.50. The molecular weight excluding hydrogens is 246 g/mol. The molecule has 0 radical (unpaired) electrons. The average Bonchev–Trinajstić information content (AvgIpc) is 3.04. The van der Waals surface area contributed by atoms with Crippen molar-refractivity contribution in [3.05, 3.63) is 42.3 Å². The molecule has 3 heterocycles. The molecule has 3 rings (SSSR count). The van der Waals surface area contributed by atoms with Crippen molar-refractivity contribution in [2.24, 2.45) is 0 Å². The van der Waals surface area contributed by atoms with Crippen LogP contribution >= 0.6 is 0 Å². The Morgan fingerprint density at radius 1 is 1.58 bits per heavy atom. The van der Waals surface area contributed by atoms with Gasteiger partial charge in [0.25, 0.3) is 0 Å². The number of imidazole rings is 1. The second-order valence-corrected chi connectivity index (χ2v) is 4.19. The fourth-order valence-corrected chi connectivity index (χ4v) is 1.91. The highest BCUT2D eigenvalue weighted by molar-refractivity contribution is 5.93. The standard InChI is InChI=1S/C13H13N3O3/c1-9-14-3-4-16(9)5-7-19-13(17)11-8-12-10(15-11)2-6-18-12/h2-4,6,8,15H,5,7H2,1H3. The van der Waals surface area contributed by atoms with Gasteiger partial charge in [-0.25, -0.2) is 9.78 Å². The van der Waals surface area contributed by atoms with Crippen LogP contribution in [0.25, 0.3) is 11.1 Å². The molecule has 98 valence electrons. The molecule has 0 unspecified atom stereocenters. The van der Waals surface area contributed by atoms with Crippen LogP contribution < -0.4 is 0 Å². The van der Waals surface area contributed by atoms with Crippen molar-refractivity contribution in [2.45, 2.75) is 13.5 Å². The van der Waals surface area contributed by atoms with E-state index in [-0.39, 0.29) is 5.97 Å². The number of ether oxygens (including phenoxy) is 1. The van der Waals surface area contributed by atoms with Crippen molar-refractivity contribution < 1.29 is 13.9 Å². The number of aromatic amines is 1. The van der Waals surface area contributed by atoms with E-state index < -0.39 is 0 Å². The Kier molecular flexibility index (Phi) is 2.83. The Bertz CT molecular complexity index is 679. The van der Waals surface area contributed by atoms with Gasteiger partial charge in [0.1, 0.15) is 18.1 Å². The zero-order chi connectivity index (χ0) is 13.2. The van der Waals surface area contributed by atoms with Gasteiger partial charge in [-0.1, -0.05) is 0 Å². The highest BCUT2D eigenvalue weighted by Gasteiger charge is 2.12. The highest BCUT2D eigenvalue weighted by Crippen LogP contribution is 2.16. The lowest BCUT2D eigenvalue weighted by molar-refractivity contribution is 0.0485. The van der Waals surface area contributed by atoms with Gasteiger partial charge in [-0.15, -0.1) is 0 Å². The van der Waals surface area contributed by atoms with Crippen LogP contribution in [0.5, 0.6) is 0 Å². The van der Waals surface area contributed by atoms with E-state index in [9.17, 15) is 4.79 Å². The SMILES string of the molecule is Cc1nccn1CCOC(=O)c1cc2occc2[nH]1. The van der Waals surface area contributed by atoms with Crippen molar-refractivity contribution >= 4 is 17.1 Å². The van der Waals surface area contributed by atoms with Gasteiger partial charge >= 0.3 is 5.97 Å². The molecule has 0 saturated carbocycles. The van der Waals surface area contributed by atoms with Gasteiger partial charge in [0.2, 0.25) is 0 Å². The van der Waals surface area contributed by atoms with Gasteiger partial charge in [-0.2, -0.15) is 0 Å². The van der Waals surface area contributed by atoms with E-state index in [4.69, 9.17) is 9.15 Å². The normalized spacial score (nSPS) is 11.0. The van der Waals surface area contributed by atoms with Crippen LogP contribution in [-0.2, 0) is 11.3 Å². The Morgan fingerprint density at radius 2 is 2.47 bits per heavy atom. The fraction of sp³-hybridized carbons (Fsp3) is 0.231. The molecule has 0 aromatic carbocycles. The third kappa shape index (κ3) is 2.24. The maximum Gasteiger partial charge on any atom is 0.354 e. The topological polar surface area (TPSA) is 73.1 Å². The third-order valence-corrected chi connectivity index (χ3v) is 2.95. The average molecular weight is 259 g/mol. The number of nitrogens with one attached hydrogen (secondary N) is 1. The third-order valence-electron chi connectivity index (χ3n) is 2.95. The van der Waals surface area contributed by atoms with E-state index in [1.54, 1.807) is 24.6 Å². The first-order chi connectivity index (χ1) is 9.24. The summed E-state index contributed by atoms with van der Waals surface area (Å²) in [6.45, 7) is 2.80. The van der Waals surface area contributed by atoms with E-state index in [1.165, 1.54) is 0 Å². The largest absolute Gasteiger partial charge is 0.463 e. The van der Waals surface area contributed by atoms with Crippen LogP contribution in [0.15, 0.2) is 35.2 Å². The van der Waals surface area contributed by atoms with Gasteiger partial charge in [0.05, 0.1) is 18.3 Å². The zero-order valence-electron chi connectivity index (χ0n) is 10.4. The highest BCUT2D eigenvalue weighted by atomic mass is 16.5. The van der Waals surface area contributed by atoms with Crippen molar-refractivity contribution in [1.82, 2.24) is 14.5 Å². The van der Waals surface area contributed by atoms with Gasteiger partial charge in [-0.05, 0) is 6.92 Å². The molecule has 6 nitrogen and oxygen atoms in total. The van der Waals surface area contributed by atoms with E-state index in [2.05, 4.69) is 9.97 Å². The summed E-state index contributed by atoms with van der Waals surface area (Å²) >= 11 is 0. The minimum atomic E-state index is -0.385. The summed E-state index contributed by atoms with van der Waals surface area (Å²) in [5.41, 5.74) is 1.84. The molecule has 6 heteroatoms. The van der Waals surface area contributed by atoms with Gasteiger partial charge in [0.15, 0.2) is 5.58 Å². The van der Waals surface area contributed by atoms with E-state index in [1.807, 2.05) is 17.7 Å². The van der Waals surface area contributed by atoms with Crippen LogP contribution in [0.4, 0.5) is 0 Å². The predicted octanol–water partition coefficient (Wildman–Crippen LogP) is 2.12. The first kappa shape index (κ1) is 11.6. The van der Waals surface area contributed by atoms with Crippen LogP contribution in [-0.4, -0.2) is 27.1 Å². The lowest BCUT2D eigenvalue weighted by atomic mass is 10.4. The predicted molar refractivity (Wildman–Crippen MR) is 67.8 cm³/mol. The first-order valence-corrected chi connectivity index (χ1v) is 5.95. The molecule has 0 fully saturated rings. The molecule has 0 saturated heterocycles. The molecule has 0 spiro atoms. The second kappa shape index (κ2) is 4.64. The number of aryl methyl sites for hydroxylation is 1. The number of fused-ring (bicyclic) bond motifs is 1. The summed E-state index contributed by atoms with van der Waals surface area (Å²) in [4.78, 5) is 18.8. The molecule has 19 heavy (non-hydrogen) atoms. The number of hydrogen-bond donors (Lipinski definition) is 1. The minimum Gasteiger partial charge on any atom is -0.463 e. The van der Waals surface area contributed by atoms with Crippen LogP contribution in [0.3, 0.4) is 0 Å². The molecule has 0 bridgehead atoms. The van der Waals surface area contributed by atoms with E-state index >= 15 is 0 Å². The molecule has 0 atom stereocenters. The van der Waals surface area contributed by atoms with Gasteiger partial charge < -0.3 is 18.7 Å². The smallest absolute Gasteiger partial charge is 0.354 e. The number of esters is 1. The Morgan fingerprint density at radius 3 is 3.21 bits per heavy atom. The number of hydrogen-bond acceptors (Lipinski definition) is 4. The molecule has 0 amide bonds. The number of nitrogens with zero attached hydrogens (tertiary/aromatic N) is 2. The fourth-order valence-electron chi connectivity index (χ4n) is 1.91. The quantitative estimate of drug-likeness (QED) is 0.728. The monoisotopic (exact) mass is 259 g/mol. The van der Waals surface area contributed by atoms with Crippen LogP contribution in [0.2, 0.25) is 0 Å². The van der Waals surface area contributed by atoms with Crippen molar-refractivity contribution in [2.75, 3.05) is 6.61 Å². The lowest BCUT2D eigenvalue weighted by Crippen LogP contribution is -2.12. The number of furan rings is 1. The minimum absolute atomic E-state index is 0.302. The van der Waals surface area contributed by atoms with Crippen molar-refractivity contribution in [1.29, 1.82) is 0 Å². The number of carbonyl (C=O) groups excluding carboxylic acids is 1. The summed E-state index contributed by atoms with van der Waals surface area (Å²) in [7, 11) is 0. The summed E-state index contributed by atoms with van der Waals surface area (Å²) < 4.78 is 12.3. The maximum absolute atomic E-state index is 11.8. The second-order valence-electron chi connectivity index (χ2n) is 4.19. The van der Waals surface area contributed by atoms with Gasteiger partial charge in [-0.3, -0.25) is 0 Å². The Labute approximate surface area is 109 Å². The molecule has 0 aliphatic rings. The molecule has 1 N–H and O–H groups in total. The van der Waals surface area contributed by atoms with Crippen molar-refractivity contribution in [3.8, 4) is 0 Å². The van der Waals surface area contributed by atoms with Crippen LogP contribution in [0.1, 0.15) is 16.3 Å². The number of rotatable bonds is 4. The molecule has 3 aromatic heterocycles. The zero-order valence-corrected chi connectivity index (χ0v) is 10.4. The maximum atomic E-state index is 11.8. The van der Waals surface area contributed by atoms with Crippen molar-refractivity contribution in [3.63, 3.8) is 0 Å². The molecule has 3 aromatic rings. The van der Waals surface area contributed by atoms with Gasteiger partial charge in [0, 0.05) is 24.5 Å². The summed E-state index contributed by atoms with van der Waals surface area (Å²) in [6, 6.07) is 3.40. The first-order valence-electron chi connectivity index (χ1n) is 5.95. The lowest BCUT2D eigenvalue weighted by Gasteiger charge is -2.05. The summed E-state index contributed by atoms with van der Waals surface area (Å²) in [6.07, 6.45) is 5.14. The summed E-state index contributed by atoms with van der Waals surface area (Å²) in [5, 5.41) is 0.